The van der Waals surface area contributed by atoms with Gasteiger partial charge in [-0.05, 0) is 32.0 Å². The molecule has 0 fully saturated rings. The van der Waals surface area contributed by atoms with Gasteiger partial charge < -0.3 is 4.74 Å². The van der Waals surface area contributed by atoms with Crippen molar-refractivity contribution in [1.82, 2.24) is 0 Å². The minimum atomic E-state index is -1.68. The second kappa shape index (κ2) is 4.82. The molecule has 0 saturated heterocycles. The van der Waals surface area contributed by atoms with Crippen LogP contribution in [-0.2, 0) is 4.74 Å². The van der Waals surface area contributed by atoms with Gasteiger partial charge >= 0.3 is 5.97 Å². The van der Waals surface area contributed by atoms with Crippen LogP contribution < -0.4 is 0 Å². The first kappa shape index (κ1) is 13.6. The molecule has 0 aliphatic rings. The van der Waals surface area contributed by atoms with E-state index >= 15 is 0 Å². The molecule has 87 valence electrons. The zero-order valence-electron chi connectivity index (χ0n) is 8.76. The Morgan fingerprint density at radius 2 is 1.75 bits per heavy atom. The molecule has 0 unspecified atom stereocenters. The van der Waals surface area contributed by atoms with Gasteiger partial charge in [-0.3, -0.25) is 0 Å². The number of halogens is 3. The monoisotopic (exact) mass is 279 g/mol. The quantitative estimate of drug-likeness (QED) is 0.608. The smallest absolute Gasteiger partial charge is 0.338 e. The molecule has 0 aliphatic carbocycles. The molecule has 2 nitrogen and oxygen atoms in total. The summed E-state index contributed by atoms with van der Waals surface area (Å²) in [5, 5.41) is 0. The first-order chi connectivity index (χ1) is 7.24. The Balaban J connectivity index is 2.80. The Morgan fingerprint density at radius 3 is 2.19 bits per heavy atom. The van der Waals surface area contributed by atoms with E-state index in [4.69, 9.17) is 39.5 Å². The molecule has 0 amide bonds. The lowest BCUT2D eigenvalue weighted by Gasteiger charge is -2.31. The van der Waals surface area contributed by atoms with Crippen LogP contribution in [0.3, 0.4) is 0 Å². The summed E-state index contributed by atoms with van der Waals surface area (Å²) in [6.45, 7) is 3.07. The molecular weight excluding hydrogens is 270 g/mol. The number of rotatable bonds is 2. The standard InChI is InChI=1S/C11H10Cl3O2/c1-10(2,11(12,13)14)16-9(15)8-6-4-3-5-7-8/h4-7H,1-2H3. The van der Waals surface area contributed by atoms with Crippen molar-refractivity contribution in [3.05, 3.63) is 35.9 Å². The summed E-state index contributed by atoms with van der Waals surface area (Å²) in [6, 6.07) is 9.18. The largest absolute Gasteiger partial charge is 0.452 e. The van der Waals surface area contributed by atoms with Gasteiger partial charge in [-0.15, -0.1) is 0 Å². The lowest BCUT2D eigenvalue weighted by Crippen LogP contribution is -2.41. The molecule has 0 saturated carbocycles. The highest BCUT2D eigenvalue weighted by Gasteiger charge is 2.44. The van der Waals surface area contributed by atoms with Gasteiger partial charge in [0.05, 0.1) is 5.56 Å². The van der Waals surface area contributed by atoms with Crippen LogP contribution in [0, 0.1) is 6.07 Å². The van der Waals surface area contributed by atoms with E-state index in [0.717, 1.165) is 0 Å². The van der Waals surface area contributed by atoms with E-state index in [2.05, 4.69) is 6.07 Å². The molecule has 0 atom stereocenters. The Morgan fingerprint density at radius 1 is 1.25 bits per heavy atom. The van der Waals surface area contributed by atoms with E-state index in [1.807, 2.05) is 0 Å². The van der Waals surface area contributed by atoms with Gasteiger partial charge in [0.25, 0.3) is 0 Å². The van der Waals surface area contributed by atoms with Gasteiger partial charge in [-0.2, -0.15) is 0 Å². The lowest BCUT2D eigenvalue weighted by atomic mass is 10.1. The van der Waals surface area contributed by atoms with Crippen molar-refractivity contribution >= 4 is 40.8 Å². The fourth-order valence-electron chi connectivity index (χ4n) is 0.872. The third-order valence-corrected chi connectivity index (χ3v) is 3.35. The van der Waals surface area contributed by atoms with E-state index in [1.54, 1.807) is 24.3 Å². The molecule has 5 heteroatoms. The fourth-order valence-corrected chi connectivity index (χ4v) is 0.987. The van der Waals surface area contributed by atoms with Crippen molar-refractivity contribution in [3.63, 3.8) is 0 Å². The lowest BCUT2D eigenvalue weighted by molar-refractivity contribution is 0.000690. The molecule has 1 aromatic carbocycles. The molecule has 0 aliphatic heterocycles. The van der Waals surface area contributed by atoms with Crippen LogP contribution in [0.4, 0.5) is 0 Å². The minimum Gasteiger partial charge on any atom is -0.452 e. The van der Waals surface area contributed by atoms with Gasteiger partial charge in [0.15, 0.2) is 5.60 Å². The summed E-state index contributed by atoms with van der Waals surface area (Å²) in [7, 11) is 0. The Labute approximate surface area is 109 Å². The van der Waals surface area contributed by atoms with Crippen LogP contribution in [0.1, 0.15) is 24.2 Å². The number of benzene rings is 1. The second-order valence-electron chi connectivity index (χ2n) is 3.69. The third-order valence-electron chi connectivity index (χ3n) is 1.98. The van der Waals surface area contributed by atoms with Gasteiger partial charge in [0, 0.05) is 0 Å². The van der Waals surface area contributed by atoms with Crippen LogP contribution in [0.5, 0.6) is 0 Å². The van der Waals surface area contributed by atoms with Crippen LogP contribution >= 0.6 is 34.8 Å². The van der Waals surface area contributed by atoms with Crippen LogP contribution in [0.15, 0.2) is 24.3 Å². The molecular formula is C11H10Cl3O2. The molecule has 1 rings (SSSR count). The van der Waals surface area contributed by atoms with Crippen molar-refractivity contribution < 1.29 is 9.53 Å². The SMILES string of the molecule is CC(C)(OC(=O)c1cc[c]cc1)C(Cl)(Cl)Cl. The van der Waals surface area contributed by atoms with Gasteiger partial charge in [-0.1, -0.05) is 46.9 Å². The minimum absolute atomic E-state index is 0.390. The first-order valence-corrected chi connectivity index (χ1v) is 5.63. The van der Waals surface area contributed by atoms with Crippen molar-refractivity contribution in [2.75, 3.05) is 0 Å². The Hall–Kier alpha value is -0.440. The van der Waals surface area contributed by atoms with Crippen molar-refractivity contribution in [3.8, 4) is 0 Å². The number of alkyl halides is 3. The third kappa shape index (κ3) is 3.27. The van der Waals surface area contributed by atoms with Gasteiger partial charge in [-0.25, -0.2) is 4.79 Å². The Bertz CT molecular complexity index is 369. The predicted octanol–water partition coefficient (Wildman–Crippen LogP) is 3.79. The van der Waals surface area contributed by atoms with Crippen LogP contribution in [-0.4, -0.2) is 15.4 Å². The van der Waals surface area contributed by atoms with Gasteiger partial charge in [0.1, 0.15) is 0 Å². The van der Waals surface area contributed by atoms with Crippen molar-refractivity contribution in [2.24, 2.45) is 0 Å². The topological polar surface area (TPSA) is 26.3 Å². The molecule has 0 bridgehead atoms. The van der Waals surface area contributed by atoms with E-state index in [-0.39, 0.29) is 0 Å². The predicted molar refractivity (Wildman–Crippen MR) is 65.1 cm³/mol. The summed E-state index contributed by atoms with van der Waals surface area (Å²) in [5.41, 5.74) is -0.810. The summed E-state index contributed by atoms with van der Waals surface area (Å²) >= 11 is 17.1. The number of carbonyl (C=O) groups excluding carboxylic acids is 1. The molecule has 0 N–H and O–H groups in total. The number of carbonyl (C=O) groups is 1. The second-order valence-corrected chi connectivity index (χ2v) is 5.97. The van der Waals surface area contributed by atoms with Crippen molar-refractivity contribution in [1.29, 1.82) is 0 Å². The highest BCUT2D eigenvalue weighted by Crippen LogP contribution is 2.40. The van der Waals surface area contributed by atoms with E-state index in [1.165, 1.54) is 13.8 Å². The summed E-state index contributed by atoms with van der Waals surface area (Å²) in [5.74, 6) is -0.537. The average Bonchev–Trinajstić information content (AvgIpc) is 2.16. The molecule has 0 spiro atoms. The maximum atomic E-state index is 11.7. The van der Waals surface area contributed by atoms with Crippen molar-refractivity contribution in [2.45, 2.75) is 23.2 Å². The van der Waals surface area contributed by atoms with E-state index < -0.39 is 15.4 Å². The average molecular weight is 281 g/mol. The highest BCUT2D eigenvalue weighted by atomic mass is 35.6. The zero-order chi connectivity index (χ0) is 12.4. The summed E-state index contributed by atoms with van der Waals surface area (Å²) < 4.78 is 3.46. The van der Waals surface area contributed by atoms with Crippen LogP contribution in [0.25, 0.3) is 0 Å². The maximum absolute atomic E-state index is 11.7. The fraction of sp³-hybridized carbons (Fsp3) is 0.364. The van der Waals surface area contributed by atoms with Gasteiger partial charge in [0.2, 0.25) is 3.79 Å². The van der Waals surface area contributed by atoms with E-state index in [9.17, 15) is 4.79 Å². The number of ether oxygens (including phenoxy) is 1. The van der Waals surface area contributed by atoms with Crippen LogP contribution in [0.2, 0.25) is 0 Å². The Kier molecular flexibility index (Phi) is 4.11. The first-order valence-electron chi connectivity index (χ1n) is 4.50. The molecule has 0 aromatic heterocycles. The summed E-state index contributed by atoms with van der Waals surface area (Å²) in [4.78, 5) is 11.7. The number of hydrogen-bond donors (Lipinski definition) is 0. The number of esters is 1. The molecule has 0 heterocycles. The molecule has 16 heavy (non-hydrogen) atoms. The molecule has 1 radical (unpaired) electrons. The highest BCUT2D eigenvalue weighted by molar-refractivity contribution is 6.68. The molecule has 1 aromatic rings. The summed E-state index contributed by atoms with van der Waals surface area (Å²) in [6.07, 6.45) is 0. The van der Waals surface area contributed by atoms with E-state index in [0.29, 0.717) is 5.56 Å². The zero-order valence-corrected chi connectivity index (χ0v) is 11.0. The number of hydrogen-bond acceptors (Lipinski definition) is 2. The normalized spacial score (nSPS) is 12.3. The maximum Gasteiger partial charge on any atom is 0.338 e.